The van der Waals surface area contributed by atoms with E-state index < -0.39 is 0 Å². The van der Waals surface area contributed by atoms with Crippen molar-refractivity contribution in [3.05, 3.63) is 46.2 Å². The van der Waals surface area contributed by atoms with Crippen LogP contribution in [0.3, 0.4) is 0 Å². The maximum absolute atomic E-state index is 6.68. The van der Waals surface area contributed by atoms with Gasteiger partial charge < -0.3 is 10.6 Å². The van der Waals surface area contributed by atoms with Gasteiger partial charge in [0.25, 0.3) is 0 Å². The van der Waals surface area contributed by atoms with Crippen molar-refractivity contribution in [2.75, 3.05) is 10.6 Å². The van der Waals surface area contributed by atoms with Crippen LogP contribution in [0, 0.1) is 0 Å². The first-order valence-electron chi connectivity index (χ1n) is 9.74. The number of aromatic amines is 2. The van der Waals surface area contributed by atoms with E-state index in [-0.39, 0.29) is 6.04 Å². The first-order chi connectivity index (χ1) is 13.9. The molecular weight excluding hydrogens is 407 g/mol. The number of aromatic nitrogens is 4. The highest BCUT2D eigenvalue weighted by atomic mass is 35.5. The number of benzene rings is 2. The SMILES string of the molecule is CC(C)Nc1ccc2[nH]nc(CCC(C)Nc3ccc4[nH]ncc4c3Cl)c2c1Cl. The van der Waals surface area contributed by atoms with Gasteiger partial charge in [0.2, 0.25) is 0 Å². The number of H-pyrrole nitrogens is 2. The summed E-state index contributed by atoms with van der Waals surface area (Å²) in [5, 5.41) is 24.8. The number of halogens is 2. The number of nitrogens with zero attached hydrogens (tertiary/aromatic N) is 2. The lowest BCUT2D eigenvalue weighted by molar-refractivity contribution is 0.696. The minimum atomic E-state index is 0.208. The standard InChI is InChI=1S/C21H24Cl2N6/c1-11(2)25-18-9-7-16-19(21(18)23)15(28-29-16)5-4-12(3)26-17-8-6-14-13(20(17)22)10-24-27-14/h6-12,25-26H,4-5H2,1-3H3,(H,24,27)(H,28,29). The molecule has 152 valence electrons. The minimum absolute atomic E-state index is 0.208. The number of fused-ring (bicyclic) bond motifs is 2. The molecule has 6 nitrogen and oxygen atoms in total. The molecule has 0 radical (unpaired) electrons. The average Bonchev–Trinajstić information content (AvgIpc) is 3.32. The second kappa shape index (κ2) is 8.13. The maximum Gasteiger partial charge on any atom is 0.0750 e. The monoisotopic (exact) mass is 430 g/mol. The molecule has 4 rings (SSSR count). The van der Waals surface area contributed by atoms with Gasteiger partial charge in [-0.05, 0) is 57.9 Å². The van der Waals surface area contributed by atoms with Gasteiger partial charge in [-0.25, -0.2) is 0 Å². The van der Waals surface area contributed by atoms with E-state index in [1.165, 1.54) is 0 Å². The molecule has 1 unspecified atom stereocenters. The van der Waals surface area contributed by atoms with E-state index in [1.54, 1.807) is 6.20 Å². The van der Waals surface area contributed by atoms with E-state index in [2.05, 4.69) is 51.8 Å². The third kappa shape index (κ3) is 4.00. The Morgan fingerprint density at radius 3 is 2.41 bits per heavy atom. The van der Waals surface area contributed by atoms with Crippen molar-refractivity contribution >= 4 is 56.4 Å². The normalized spacial score (nSPS) is 12.8. The van der Waals surface area contributed by atoms with Crippen LogP contribution in [-0.4, -0.2) is 32.5 Å². The van der Waals surface area contributed by atoms with Crippen LogP contribution < -0.4 is 10.6 Å². The highest BCUT2D eigenvalue weighted by molar-refractivity contribution is 6.38. The van der Waals surface area contributed by atoms with E-state index in [9.17, 15) is 0 Å². The number of aryl methyl sites for hydroxylation is 1. The van der Waals surface area contributed by atoms with Crippen LogP contribution in [0.2, 0.25) is 10.0 Å². The average molecular weight is 431 g/mol. The van der Waals surface area contributed by atoms with Gasteiger partial charge in [-0.2, -0.15) is 10.2 Å². The van der Waals surface area contributed by atoms with Crippen LogP contribution in [-0.2, 0) is 6.42 Å². The Morgan fingerprint density at radius 1 is 0.931 bits per heavy atom. The third-order valence-electron chi connectivity index (χ3n) is 4.96. The Hall–Kier alpha value is -2.44. The molecule has 0 spiro atoms. The third-order valence-corrected chi connectivity index (χ3v) is 5.76. The van der Waals surface area contributed by atoms with Crippen molar-refractivity contribution in [3.63, 3.8) is 0 Å². The molecular formula is C21H24Cl2N6. The quantitative estimate of drug-likeness (QED) is 0.289. The number of hydrogen-bond acceptors (Lipinski definition) is 4. The predicted octanol–water partition coefficient (Wildman–Crippen LogP) is 6.00. The zero-order valence-corrected chi connectivity index (χ0v) is 18.1. The Kier molecular flexibility index (Phi) is 5.56. The second-order valence-electron chi connectivity index (χ2n) is 7.66. The van der Waals surface area contributed by atoms with Gasteiger partial charge in [0.05, 0.1) is 44.3 Å². The van der Waals surface area contributed by atoms with Gasteiger partial charge >= 0.3 is 0 Å². The molecule has 2 heterocycles. The lowest BCUT2D eigenvalue weighted by Gasteiger charge is -2.16. The number of rotatable bonds is 7. The molecule has 0 saturated heterocycles. The molecule has 2 aromatic heterocycles. The number of hydrogen-bond donors (Lipinski definition) is 4. The summed E-state index contributed by atoms with van der Waals surface area (Å²) in [5.74, 6) is 0. The summed E-state index contributed by atoms with van der Waals surface area (Å²) < 4.78 is 0. The first-order valence-corrected chi connectivity index (χ1v) is 10.5. The predicted molar refractivity (Wildman–Crippen MR) is 122 cm³/mol. The summed E-state index contributed by atoms with van der Waals surface area (Å²) >= 11 is 13.2. The number of anilines is 2. The Labute approximate surface area is 179 Å². The molecule has 4 N–H and O–H groups in total. The molecule has 29 heavy (non-hydrogen) atoms. The highest BCUT2D eigenvalue weighted by Gasteiger charge is 2.15. The molecule has 4 aromatic rings. The van der Waals surface area contributed by atoms with E-state index in [0.29, 0.717) is 16.1 Å². The summed E-state index contributed by atoms with van der Waals surface area (Å²) in [5.41, 5.74) is 4.69. The molecule has 0 fully saturated rings. The molecule has 8 heteroatoms. The van der Waals surface area contributed by atoms with Crippen LogP contribution in [0.4, 0.5) is 11.4 Å². The summed E-state index contributed by atoms with van der Waals surface area (Å²) in [6.45, 7) is 6.32. The van der Waals surface area contributed by atoms with Gasteiger partial charge in [0.15, 0.2) is 0 Å². The topological polar surface area (TPSA) is 81.4 Å². The molecule has 0 bridgehead atoms. The zero-order valence-electron chi connectivity index (χ0n) is 16.6. The van der Waals surface area contributed by atoms with Gasteiger partial charge in [0.1, 0.15) is 0 Å². The molecule has 1 atom stereocenters. The van der Waals surface area contributed by atoms with E-state index in [4.69, 9.17) is 23.2 Å². The summed E-state index contributed by atoms with van der Waals surface area (Å²) in [4.78, 5) is 0. The van der Waals surface area contributed by atoms with Crippen molar-refractivity contribution in [3.8, 4) is 0 Å². The van der Waals surface area contributed by atoms with Gasteiger partial charge in [-0.3, -0.25) is 10.2 Å². The molecule has 0 amide bonds. The van der Waals surface area contributed by atoms with Crippen molar-refractivity contribution in [2.24, 2.45) is 0 Å². The van der Waals surface area contributed by atoms with Gasteiger partial charge in [-0.1, -0.05) is 23.2 Å². The van der Waals surface area contributed by atoms with Crippen LogP contribution >= 0.6 is 23.2 Å². The fourth-order valence-electron chi connectivity index (χ4n) is 3.52. The molecule has 0 aliphatic rings. The molecule has 0 saturated carbocycles. The van der Waals surface area contributed by atoms with Crippen molar-refractivity contribution < 1.29 is 0 Å². The maximum atomic E-state index is 6.68. The lowest BCUT2D eigenvalue weighted by atomic mass is 10.1. The Bertz CT molecular complexity index is 1150. The zero-order chi connectivity index (χ0) is 20.5. The fourth-order valence-corrected chi connectivity index (χ4v) is 4.12. The molecule has 0 aliphatic carbocycles. The van der Waals surface area contributed by atoms with Crippen LogP contribution in [0.1, 0.15) is 32.9 Å². The lowest BCUT2D eigenvalue weighted by Crippen LogP contribution is -2.16. The molecule has 2 aromatic carbocycles. The van der Waals surface area contributed by atoms with Crippen molar-refractivity contribution in [1.82, 2.24) is 20.4 Å². The van der Waals surface area contributed by atoms with Crippen LogP contribution in [0.25, 0.3) is 21.8 Å². The smallest absolute Gasteiger partial charge is 0.0750 e. The van der Waals surface area contributed by atoms with E-state index in [0.717, 1.165) is 51.7 Å². The summed E-state index contributed by atoms with van der Waals surface area (Å²) in [7, 11) is 0. The Morgan fingerprint density at radius 2 is 1.66 bits per heavy atom. The van der Waals surface area contributed by atoms with Gasteiger partial charge in [-0.15, -0.1) is 0 Å². The van der Waals surface area contributed by atoms with E-state index in [1.807, 2.05) is 24.3 Å². The van der Waals surface area contributed by atoms with Gasteiger partial charge in [0, 0.05) is 22.9 Å². The summed E-state index contributed by atoms with van der Waals surface area (Å²) in [6, 6.07) is 8.48. The molecule has 0 aliphatic heterocycles. The Balaban J connectivity index is 1.49. The van der Waals surface area contributed by atoms with E-state index >= 15 is 0 Å². The van der Waals surface area contributed by atoms with Crippen LogP contribution in [0.5, 0.6) is 0 Å². The number of nitrogens with one attached hydrogen (secondary N) is 4. The fraction of sp³-hybridized carbons (Fsp3) is 0.333. The first kappa shape index (κ1) is 19.9. The van der Waals surface area contributed by atoms with Crippen LogP contribution in [0.15, 0.2) is 30.5 Å². The van der Waals surface area contributed by atoms with Crippen molar-refractivity contribution in [2.45, 2.75) is 45.7 Å². The minimum Gasteiger partial charge on any atom is -0.382 e. The highest BCUT2D eigenvalue weighted by Crippen LogP contribution is 2.34. The largest absolute Gasteiger partial charge is 0.382 e. The summed E-state index contributed by atoms with van der Waals surface area (Å²) in [6.07, 6.45) is 3.43. The van der Waals surface area contributed by atoms with Crippen molar-refractivity contribution in [1.29, 1.82) is 0 Å². The second-order valence-corrected chi connectivity index (χ2v) is 8.42.